The number of nitrogens with zero attached hydrogens (tertiary/aromatic N) is 1. The first kappa shape index (κ1) is 12.5. The van der Waals surface area contributed by atoms with Crippen LogP contribution in [0.4, 0.5) is 0 Å². The topological polar surface area (TPSA) is 49.4 Å². The Morgan fingerprint density at radius 3 is 2.71 bits per heavy atom. The van der Waals surface area contributed by atoms with Crippen molar-refractivity contribution >= 4 is 10.0 Å². The van der Waals surface area contributed by atoms with Crippen molar-refractivity contribution in [3.8, 4) is 0 Å². The van der Waals surface area contributed by atoms with Gasteiger partial charge in [-0.3, -0.25) is 0 Å². The van der Waals surface area contributed by atoms with E-state index in [9.17, 15) is 8.42 Å². The fourth-order valence-electron chi connectivity index (χ4n) is 1.95. The molecule has 4 nitrogen and oxygen atoms in total. The van der Waals surface area contributed by atoms with Gasteiger partial charge in [-0.2, -0.15) is 0 Å². The minimum absolute atomic E-state index is 0.210. The first-order valence-electron chi connectivity index (χ1n) is 5.89. The maximum Gasteiger partial charge on any atom is 0.212 e. The highest BCUT2D eigenvalue weighted by molar-refractivity contribution is 7.89. The van der Waals surface area contributed by atoms with Crippen molar-refractivity contribution in [3.63, 3.8) is 0 Å². The van der Waals surface area contributed by atoms with Crippen molar-refractivity contribution in [2.45, 2.75) is 6.42 Å². The molecule has 0 aliphatic carbocycles. The van der Waals surface area contributed by atoms with Crippen LogP contribution in [0.5, 0.6) is 0 Å². The fourth-order valence-corrected chi connectivity index (χ4v) is 2.99. The molecule has 0 bridgehead atoms. The third-order valence-corrected chi connectivity index (χ3v) is 4.35. The zero-order chi connectivity index (χ0) is 12.1. The van der Waals surface area contributed by atoms with Gasteiger partial charge < -0.3 is 4.90 Å². The molecule has 0 unspecified atom stereocenters. The molecular formula is C12H18N2O2S. The first-order valence-corrected chi connectivity index (χ1v) is 7.54. The van der Waals surface area contributed by atoms with Crippen LogP contribution in [0.3, 0.4) is 0 Å². The zero-order valence-electron chi connectivity index (χ0n) is 9.80. The van der Waals surface area contributed by atoms with Gasteiger partial charge in [-0.15, -0.1) is 0 Å². The Morgan fingerprint density at radius 2 is 1.94 bits per heavy atom. The average Bonchev–Trinajstić information content (AvgIpc) is 2.49. The van der Waals surface area contributed by atoms with Crippen molar-refractivity contribution in [2.75, 3.05) is 31.9 Å². The van der Waals surface area contributed by atoms with Gasteiger partial charge in [0.25, 0.3) is 0 Å². The highest BCUT2D eigenvalue weighted by Gasteiger charge is 2.17. The summed E-state index contributed by atoms with van der Waals surface area (Å²) in [7, 11) is -3.03. The molecule has 0 saturated carbocycles. The van der Waals surface area contributed by atoms with Crippen molar-refractivity contribution in [1.29, 1.82) is 0 Å². The molecule has 1 N–H and O–H groups in total. The molecule has 1 fully saturated rings. The largest absolute Gasteiger partial charge is 0.301 e. The van der Waals surface area contributed by atoms with Crippen molar-refractivity contribution < 1.29 is 8.42 Å². The average molecular weight is 254 g/mol. The van der Waals surface area contributed by atoms with Crippen molar-refractivity contribution in [2.24, 2.45) is 0 Å². The minimum Gasteiger partial charge on any atom is -0.301 e. The van der Waals surface area contributed by atoms with Gasteiger partial charge in [0.15, 0.2) is 0 Å². The lowest BCUT2D eigenvalue weighted by Gasteiger charge is -2.18. The molecule has 2 rings (SSSR count). The summed E-state index contributed by atoms with van der Waals surface area (Å²) in [6, 6.07) is 10.3. The van der Waals surface area contributed by atoms with E-state index >= 15 is 0 Å². The summed E-state index contributed by atoms with van der Waals surface area (Å²) in [5, 5.41) is 0. The molecular weight excluding hydrogens is 236 g/mol. The normalized spacial score (nSPS) is 20.9. The third-order valence-electron chi connectivity index (χ3n) is 2.99. The minimum atomic E-state index is -3.03. The number of sulfonamides is 1. The fraction of sp³-hybridized carbons (Fsp3) is 0.500. The summed E-state index contributed by atoms with van der Waals surface area (Å²) < 4.78 is 25.3. The number of rotatable bonds is 3. The van der Waals surface area contributed by atoms with Crippen LogP contribution in [-0.4, -0.2) is 45.2 Å². The van der Waals surface area contributed by atoms with E-state index in [2.05, 4.69) is 21.8 Å². The van der Waals surface area contributed by atoms with E-state index in [4.69, 9.17) is 0 Å². The summed E-state index contributed by atoms with van der Waals surface area (Å²) >= 11 is 0. The number of nitrogens with one attached hydrogen (secondary N) is 1. The molecule has 0 amide bonds. The Hall–Kier alpha value is -0.910. The Morgan fingerprint density at radius 1 is 1.18 bits per heavy atom. The second-order valence-corrected chi connectivity index (χ2v) is 6.22. The molecule has 0 atom stereocenters. The number of hydrogen-bond donors (Lipinski definition) is 1. The summed E-state index contributed by atoms with van der Waals surface area (Å²) in [4.78, 5) is 2.20. The highest BCUT2D eigenvalue weighted by atomic mass is 32.2. The van der Waals surface area contributed by atoms with Crippen LogP contribution in [0, 0.1) is 0 Å². The van der Waals surface area contributed by atoms with Gasteiger partial charge in [-0.1, -0.05) is 30.3 Å². The van der Waals surface area contributed by atoms with E-state index < -0.39 is 10.0 Å². The summed E-state index contributed by atoms with van der Waals surface area (Å²) in [5.41, 5.74) is 1.30. The molecule has 0 radical (unpaired) electrons. The van der Waals surface area contributed by atoms with E-state index in [0.29, 0.717) is 13.1 Å². The second kappa shape index (κ2) is 5.62. The molecule has 0 aromatic heterocycles. The van der Waals surface area contributed by atoms with Gasteiger partial charge in [0, 0.05) is 26.2 Å². The second-order valence-electron chi connectivity index (χ2n) is 4.29. The predicted molar refractivity (Wildman–Crippen MR) is 68.4 cm³/mol. The Kier molecular flexibility index (Phi) is 4.15. The van der Waals surface area contributed by atoms with Gasteiger partial charge in [-0.25, -0.2) is 13.1 Å². The van der Waals surface area contributed by atoms with Crippen molar-refractivity contribution in [3.05, 3.63) is 35.9 Å². The van der Waals surface area contributed by atoms with E-state index in [1.165, 1.54) is 5.56 Å². The molecule has 1 heterocycles. The van der Waals surface area contributed by atoms with Crippen molar-refractivity contribution in [1.82, 2.24) is 9.62 Å². The van der Waals surface area contributed by atoms with Crippen LogP contribution < -0.4 is 4.72 Å². The van der Waals surface area contributed by atoms with Gasteiger partial charge >= 0.3 is 0 Å². The Bertz CT molecular complexity index is 445. The van der Waals surface area contributed by atoms with E-state index in [-0.39, 0.29) is 5.75 Å². The molecule has 1 aromatic rings. The van der Waals surface area contributed by atoms with E-state index in [1.807, 2.05) is 18.2 Å². The molecule has 5 heteroatoms. The van der Waals surface area contributed by atoms with Gasteiger partial charge in [0.1, 0.15) is 0 Å². The van der Waals surface area contributed by atoms with Crippen LogP contribution in [0.25, 0.3) is 0 Å². The smallest absolute Gasteiger partial charge is 0.212 e. The highest BCUT2D eigenvalue weighted by Crippen LogP contribution is 2.03. The van der Waals surface area contributed by atoms with E-state index in [0.717, 1.165) is 19.5 Å². The molecule has 1 saturated heterocycles. The molecule has 17 heavy (non-hydrogen) atoms. The third kappa shape index (κ3) is 4.11. The van der Waals surface area contributed by atoms with Gasteiger partial charge in [0.2, 0.25) is 10.0 Å². The number of benzene rings is 1. The first-order chi connectivity index (χ1) is 8.16. The Balaban J connectivity index is 1.84. The van der Waals surface area contributed by atoms with Crippen LogP contribution in [0.1, 0.15) is 5.56 Å². The monoisotopic (exact) mass is 254 g/mol. The molecule has 1 aromatic carbocycles. The van der Waals surface area contributed by atoms with Gasteiger partial charge in [-0.05, 0) is 12.0 Å². The van der Waals surface area contributed by atoms with Crippen LogP contribution in [-0.2, 0) is 16.4 Å². The maximum atomic E-state index is 11.4. The lowest BCUT2D eigenvalue weighted by molar-refractivity contribution is 0.304. The molecule has 0 spiro atoms. The zero-order valence-corrected chi connectivity index (χ0v) is 10.6. The van der Waals surface area contributed by atoms with E-state index in [1.54, 1.807) is 0 Å². The summed E-state index contributed by atoms with van der Waals surface area (Å²) in [6.07, 6.45) is 0.973. The quantitative estimate of drug-likeness (QED) is 0.853. The lowest BCUT2D eigenvalue weighted by Crippen LogP contribution is -2.30. The van der Waals surface area contributed by atoms with Crippen LogP contribution in [0.15, 0.2) is 30.3 Å². The molecule has 94 valence electrons. The van der Waals surface area contributed by atoms with Crippen LogP contribution in [0.2, 0.25) is 0 Å². The lowest BCUT2D eigenvalue weighted by atomic mass is 10.1. The predicted octanol–water partition coefficient (Wildman–Crippen LogP) is 0.464. The van der Waals surface area contributed by atoms with Gasteiger partial charge in [0.05, 0.1) is 5.75 Å². The SMILES string of the molecule is O=S1(=O)CCN(CCc2ccccc2)CCN1. The van der Waals surface area contributed by atoms with Crippen LogP contribution >= 0.6 is 0 Å². The number of hydrogen-bond acceptors (Lipinski definition) is 3. The maximum absolute atomic E-state index is 11.4. The summed E-state index contributed by atoms with van der Waals surface area (Å²) in [5.74, 6) is 0.210. The molecule has 1 aliphatic heterocycles. The standard InChI is InChI=1S/C12H18N2O2S/c15-17(16)11-10-14(9-7-13-17)8-6-12-4-2-1-3-5-12/h1-5,13H,6-11H2. The summed E-state index contributed by atoms with van der Waals surface area (Å²) in [6.45, 7) is 2.87. The molecule has 1 aliphatic rings. The Labute approximate surface area is 103 Å².